The number of benzene rings is 1. The molecule has 3 heteroatoms. The average molecular weight is 277 g/mol. The third kappa shape index (κ3) is 2.93. The molecule has 0 saturated heterocycles. The van der Waals surface area contributed by atoms with Crippen molar-refractivity contribution in [3.8, 4) is 11.5 Å². The van der Waals surface area contributed by atoms with Crippen molar-refractivity contribution in [1.82, 2.24) is 0 Å². The molecule has 1 saturated carbocycles. The first-order valence-electron chi connectivity index (χ1n) is 7.55. The van der Waals surface area contributed by atoms with E-state index in [0.29, 0.717) is 5.92 Å². The molecule has 0 radical (unpaired) electrons. The van der Waals surface area contributed by atoms with Crippen LogP contribution in [0.25, 0.3) is 0 Å². The van der Waals surface area contributed by atoms with Gasteiger partial charge in [0.1, 0.15) is 11.5 Å². The molecule has 1 aliphatic carbocycles. The lowest BCUT2D eigenvalue weighted by Gasteiger charge is -2.36. The Morgan fingerprint density at radius 2 is 1.65 bits per heavy atom. The molecule has 20 heavy (non-hydrogen) atoms. The fraction of sp³-hybridized carbons (Fsp3) is 0.647. The topological polar surface area (TPSA) is 44.5 Å². The first kappa shape index (κ1) is 15.2. The number of ether oxygens (including phenoxy) is 2. The third-order valence-electron chi connectivity index (χ3n) is 4.95. The number of rotatable bonds is 4. The Morgan fingerprint density at radius 1 is 1.05 bits per heavy atom. The van der Waals surface area contributed by atoms with Crippen molar-refractivity contribution in [2.24, 2.45) is 23.5 Å². The number of methoxy groups -OCH3 is 2. The minimum absolute atomic E-state index is 0.0175. The Balaban J connectivity index is 2.26. The van der Waals surface area contributed by atoms with Gasteiger partial charge in [-0.15, -0.1) is 0 Å². The van der Waals surface area contributed by atoms with Crippen LogP contribution < -0.4 is 15.2 Å². The van der Waals surface area contributed by atoms with Crippen LogP contribution in [0.1, 0.15) is 44.7 Å². The van der Waals surface area contributed by atoms with Crippen LogP contribution in [0, 0.1) is 17.8 Å². The summed E-state index contributed by atoms with van der Waals surface area (Å²) in [4.78, 5) is 0. The highest BCUT2D eigenvalue weighted by molar-refractivity contribution is 5.47. The Labute approximate surface area is 122 Å². The van der Waals surface area contributed by atoms with Gasteiger partial charge in [0, 0.05) is 6.04 Å². The van der Waals surface area contributed by atoms with Gasteiger partial charge in [-0.1, -0.05) is 26.3 Å². The van der Waals surface area contributed by atoms with Crippen LogP contribution in [0.3, 0.4) is 0 Å². The Kier molecular flexibility index (Phi) is 4.92. The number of hydrogen-bond acceptors (Lipinski definition) is 3. The fourth-order valence-corrected chi connectivity index (χ4v) is 3.36. The summed E-state index contributed by atoms with van der Waals surface area (Å²) in [6.45, 7) is 4.68. The molecule has 112 valence electrons. The summed E-state index contributed by atoms with van der Waals surface area (Å²) in [6, 6.07) is 5.86. The van der Waals surface area contributed by atoms with Gasteiger partial charge in [0.05, 0.1) is 19.8 Å². The average Bonchev–Trinajstić information content (AvgIpc) is 2.48. The van der Waals surface area contributed by atoms with Gasteiger partial charge < -0.3 is 15.2 Å². The summed E-state index contributed by atoms with van der Waals surface area (Å²) in [5.74, 6) is 3.72. The van der Waals surface area contributed by atoms with Crippen molar-refractivity contribution in [3.63, 3.8) is 0 Å². The van der Waals surface area contributed by atoms with Crippen molar-refractivity contribution in [2.75, 3.05) is 14.2 Å². The molecular formula is C17H27NO2. The zero-order valence-electron chi connectivity index (χ0n) is 13.1. The van der Waals surface area contributed by atoms with Crippen molar-refractivity contribution >= 4 is 0 Å². The van der Waals surface area contributed by atoms with E-state index < -0.39 is 0 Å². The Morgan fingerprint density at radius 3 is 2.15 bits per heavy atom. The molecule has 0 aliphatic heterocycles. The van der Waals surface area contributed by atoms with Crippen LogP contribution >= 0.6 is 0 Å². The molecule has 4 atom stereocenters. The molecule has 2 N–H and O–H groups in total. The molecule has 0 heterocycles. The Hall–Kier alpha value is -1.22. The monoisotopic (exact) mass is 277 g/mol. The predicted octanol–water partition coefficient (Wildman–Crippen LogP) is 3.78. The van der Waals surface area contributed by atoms with Crippen molar-refractivity contribution in [1.29, 1.82) is 0 Å². The van der Waals surface area contributed by atoms with Crippen LogP contribution in [-0.2, 0) is 0 Å². The molecule has 0 amide bonds. The minimum Gasteiger partial charge on any atom is -0.496 e. The third-order valence-corrected chi connectivity index (χ3v) is 4.95. The molecular weight excluding hydrogens is 250 g/mol. The lowest BCUT2D eigenvalue weighted by Crippen LogP contribution is -2.30. The van der Waals surface area contributed by atoms with Crippen molar-refractivity contribution < 1.29 is 9.47 Å². The zero-order chi connectivity index (χ0) is 14.7. The Bertz CT molecular complexity index is 424. The zero-order valence-corrected chi connectivity index (χ0v) is 13.1. The van der Waals surface area contributed by atoms with Gasteiger partial charge in [-0.05, 0) is 42.7 Å². The highest BCUT2D eigenvalue weighted by Gasteiger charge is 2.31. The van der Waals surface area contributed by atoms with E-state index in [9.17, 15) is 0 Å². The summed E-state index contributed by atoms with van der Waals surface area (Å²) in [6.07, 6.45) is 3.63. The molecule has 0 spiro atoms. The second-order valence-corrected chi connectivity index (χ2v) is 6.13. The molecule has 1 aromatic rings. The maximum atomic E-state index is 6.57. The van der Waals surface area contributed by atoms with E-state index >= 15 is 0 Å². The predicted molar refractivity (Wildman–Crippen MR) is 82.1 cm³/mol. The van der Waals surface area contributed by atoms with Gasteiger partial charge in [0.25, 0.3) is 0 Å². The van der Waals surface area contributed by atoms with Gasteiger partial charge in [-0.3, -0.25) is 0 Å². The van der Waals surface area contributed by atoms with E-state index in [0.717, 1.165) is 28.9 Å². The highest BCUT2D eigenvalue weighted by atomic mass is 16.5. The van der Waals surface area contributed by atoms with Crippen LogP contribution in [0.15, 0.2) is 18.2 Å². The van der Waals surface area contributed by atoms with Gasteiger partial charge in [-0.2, -0.15) is 0 Å². The first-order chi connectivity index (χ1) is 9.58. The lowest BCUT2D eigenvalue weighted by molar-refractivity contribution is 0.183. The van der Waals surface area contributed by atoms with E-state index in [-0.39, 0.29) is 6.04 Å². The van der Waals surface area contributed by atoms with Crippen LogP contribution in [0.4, 0.5) is 0 Å². The maximum Gasteiger partial charge on any atom is 0.127 e. The van der Waals surface area contributed by atoms with E-state index in [2.05, 4.69) is 13.8 Å². The summed E-state index contributed by atoms with van der Waals surface area (Å²) in [5.41, 5.74) is 7.59. The molecule has 0 bridgehead atoms. The summed E-state index contributed by atoms with van der Waals surface area (Å²) < 4.78 is 11.0. The minimum atomic E-state index is -0.0175. The van der Waals surface area contributed by atoms with Crippen LogP contribution in [-0.4, -0.2) is 14.2 Å². The second-order valence-electron chi connectivity index (χ2n) is 6.13. The van der Waals surface area contributed by atoms with Crippen molar-refractivity contribution in [3.05, 3.63) is 23.8 Å². The van der Waals surface area contributed by atoms with E-state index in [1.165, 1.54) is 19.3 Å². The molecule has 0 aromatic heterocycles. The van der Waals surface area contributed by atoms with Crippen LogP contribution in [0.5, 0.6) is 11.5 Å². The lowest BCUT2D eigenvalue weighted by atomic mass is 9.72. The molecule has 1 aliphatic rings. The first-order valence-corrected chi connectivity index (χ1v) is 7.55. The summed E-state index contributed by atoms with van der Waals surface area (Å²) >= 11 is 0. The molecule has 2 rings (SSSR count). The van der Waals surface area contributed by atoms with Crippen molar-refractivity contribution in [2.45, 2.75) is 39.2 Å². The summed E-state index contributed by atoms with van der Waals surface area (Å²) in [5, 5.41) is 0. The van der Waals surface area contributed by atoms with E-state index in [1.807, 2.05) is 18.2 Å². The van der Waals surface area contributed by atoms with Gasteiger partial charge in [-0.25, -0.2) is 0 Å². The smallest absolute Gasteiger partial charge is 0.127 e. The van der Waals surface area contributed by atoms with Crippen LogP contribution in [0.2, 0.25) is 0 Å². The van der Waals surface area contributed by atoms with E-state index in [4.69, 9.17) is 15.2 Å². The second kappa shape index (κ2) is 6.49. The summed E-state index contributed by atoms with van der Waals surface area (Å²) in [7, 11) is 3.38. The number of nitrogens with two attached hydrogens (primary N) is 1. The molecule has 3 nitrogen and oxygen atoms in total. The molecule has 1 aromatic carbocycles. The van der Waals surface area contributed by atoms with Gasteiger partial charge >= 0.3 is 0 Å². The molecule has 1 fully saturated rings. The number of hydrogen-bond donors (Lipinski definition) is 1. The SMILES string of the molecule is COc1cccc(OC)c1C(N)C1CCC(C)C(C)C1. The largest absolute Gasteiger partial charge is 0.496 e. The quantitative estimate of drug-likeness (QED) is 0.911. The standard InChI is InChI=1S/C17H27NO2/c1-11-8-9-13(10-12(11)2)17(18)16-14(19-3)6-5-7-15(16)20-4/h5-7,11-13,17H,8-10,18H2,1-4H3. The van der Waals surface area contributed by atoms with Gasteiger partial charge in [0.2, 0.25) is 0 Å². The van der Waals surface area contributed by atoms with E-state index in [1.54, 1.807) is 14.2 Å². The maximum absolute atomic E-state index is 6.57. The normalized spacial score (nSPS) is 27.9. The molecule has 4 unspecified atom stereocenters. The highest BCUT2D eigenvalue weighted by Crippen LogP contribution is 2.43. The fourth-order valence-electron chi connectivity index (χ4n) is 3.36. The van der Waals surface area contributed by atoms with Gasteiger partial charge in [0.15, 0.2) is 0 Å².